The van der Waals surface area contributed by atoms with Crippen molar-refractivity contribution in [3.8, 4) is 0 Å². The molecule has 0 aromatic heterocycles. The molecule has 0 saturated heterocycles. The smallest absolute Gasteiger partial charge is 0.0443 e. The van der Waals surface area contributed by atoms with Gasteiger partial charge < -0.3 is 10.4 Å². The maximum atomic E-state index is 8.48. The molecule has 0 radical (unpaired) electrons. The molecule has 2 N–H and O–H groups in total. The molecule has 0 aliphatic heterocycles. The van der Waals surface area contributed by atoms with E-state index in [0.717, 1.165) is 24.9 Å². The van der Waals surface area contributed by atoms with E-state index in [0.29, 0.717) is 6.61 Å². The van der Waals surface area contributed by atoms with Crippen molar-refractivity contribution in [1.29, 1.82) is 0 Å². The molecule has 0 aromatic carbocycles. The lowest BCUT2D eigenvalue weighted by Crippen LogP contribution is -2.20. The molecule has 1 aliphatic carbocycles. The topological polar surface area (TPSA) is 32.3 Å². The number of aliphatic hydroxyl groups is 1. The maximum absolute atomic E-state index is 8.48. The van der Waals surface area contributed by atoms with Crippen LogP contribution < -0.4 is 5.32 Å². The zero-order valence-electron chi connectivity index (χ0n) is 6.64. The van der Waals surface area contributed by atoms with Gasteiger partial charge in [0.1, 0.15) is 0 Å². The number of hydrogen-bond donors (Lipinski definition) is 2. The van der Waals surface area contributed by atoms with E-state index in [9.17, 15) is 0 Å². The third-order valence-corrected chi connectivity index (χ3v) is 2.19. The highest BCUT2D eigenvalue weighted by Crippen LogP contribution is 2.32. The lowest BCUT2D eigenvalue weighted by molar-refractivity contribution is 0.285. The molecule has 0 amide bonds. The van der Waals surface area contributed by atoms with Crippen molar-refractivity contribution in [2.75, 3.05) is 13.2 Å². The summed E-state index contributed by atoms with van der Waals surface area (Å²) in [6, 6.07) is 0.775. The monoisotopic (exact) mass is 143 g/mol. The average molecular weight is 143 g/mol. The van der Waals surface area contributed by atoms with Gasteiger partial charge in [0.25, 0.3) is 0 Å². The minimum absolute atomic E-state index is 0.316. The predicted molar refractivity (Wildman–Crippen MR) is 41.9 cm³/mol. The van der Waals surface area contributed by atoms with Crippen molar-refractivity contribution in [2.24, 2.45) is 5.92 Å². The van der Waals surface area contributed by atoms with Gasteiger partial charge in [0, 0.05) is 12.6 Å². The van der Waals surface area contributed by atoms with Crippen LogP contribution in [-0.2, 0) is 0 Å². The van der Waals surface area contributed by atoms with E-state index in [2.05, 4.69) is 12.2 Å². The van der Waals surface area contributed by atoms with Crippen molar-refractivity contribution in [2.45, 2.75) is 32.2 Å². The standard InChI is InChI=1S/C8H17NO/c1-2-7-6-8(7)9-4-3-5-10/h7-10H,2-6H2,1H3. The Morgan fingerprint density at radius 1 is 1.60 bits per heavy atom. The van der Waals surface area contributed by atoms with Gasteiger partial charge in [0.15, 0.2) is 0 Å². The first kappa shape index (κ1) is 8.02. The van der Waals surface area contributed by atoms with Crippen LogP contribution in [0.1, 0.15) is 26.2 Å². The lowest BCUT2D eigenvalue weighted by atomic mass is 10.3. The van der Waals surface area contributed by atoms with Crippen LogP contribution in [0, 0.1) is 5.92 Å². The highest BCUT2D eigenvalue weighted by molar-refractivity contribution is 4.91. The minimum atomic E-state index is 0.316. The Morgan fingerprint density at radius 2 is 2.40 bits per heavy atom. The third kappa shape index (κ3) is 2.27. The van der Waals surface area contributed by atoms with Crippen molar-refractivity contribution < 1.29 is 5.11 Å². The van der Waals surface area contributed by atoms with Crippen molar-refractivity contribution in [3.63, 3.8) is 0 Å². The summed E-state index contributed by atoms with van der Waals surface area (Å²) in [5, 5.41) is 11.9. The normalized spacial score (nSPS) is 30.6. The minimum Gasteiger partial charge on any atom is -0.396 e. The highest BCUT2D eigenvalue weighted by Gasteiger charge is 2.33. The van der Waals surface area contributed by atoms with E-state index >= 15 is 0 Å². The van der Waals surface area contributed by atoms with Gasteiger partial charge >= 0.3 is 0 Å². The molecule has 0 spiro atoms. The van der Waals surface area contributed by atoms with E-state index in [1.165, 1.54) is 12.8 Å². The van der Waals surface area contributed by atoms with Gasteiger partial charge in [0.05, 0.1) is 0 Å². The van der Waals surface area contributed by atoms with Crippen LogP contribution in [0.25, 0.3) is 0 Å². The number of aliphatic hydroxyl groups excluding tert-OH is 1. The molecule has 2 unspecified atom stereocenters. The second-order valence-corrected chi connectivity index (χ2v) is 3.04. The molecule has 10 heavy (non-hydrogen) atoms. The third-order valence-electron chi connectivity index (χ3n) is 2.19. The van der Waals surface area contributed by atoms with E-state index in [-0.39, 0.29) is 0 Å². The van der Waals surface area contributed by atoms with Crippen LogP contribution in [0.4, 0.5) is 0 Å². The zero-order chi connectivity index (χ0) is 7.40. The first-order valence-corrected chi connectivity index (χ1v) is 4.22. The molecule has 2 nitrogen and oxygen atoms in total. The van der Waals surface area contributed by atoms with Gasteiger partial charge in [-0.2, -0.15) is 0 Å². The molecular weight excluding hydrogens is 126 g/mol. The molecule has 0 bridgehead atoms. The van der Waals surface area contributed by atoms with Gasteiger partial charge in [-0.1, -0.05) is 13.3 Å². The summed E-state index contributed by atoms with van der Waals surface area (Å²) in [6.07, 6.45) is 3.55. The van der Waals surface area contributed by atoms with Crippen LogP contribution in [0.3, 0.4) is 0 Å². The van der Waals surface area contributed by atoms with Crippen molar-refractivity contribution in [3.05, 3.63) is 0 Å². The Kier molecular flexibility index (Phi) is 3.16. The fourth-order valence-electron chi connectivity index (χ4n) is 1.32. The Balaban J connectivity index is 1.87. The van der Waals surface area contributed by atoms with Crippen LogP contribution in [-0.4, -0.2) is 24.3 Å². The zero-order valence-corrected chi connectivity index (χ0v) is 6.64. The van der Waals surface area contributed by atoms with Crippen LogP contribution in [0.2, 0.25) is 0 Å². The number of hydrogen-bond acceptors (Lipinski definition) is 2. The molecule has 60 valence electrons. The second kappa shape index (κ2) is 3.94. The predicted octanol–water partition coefficient (Wildman–Crippen LogP) is 0.757. The Labute approximate surface area is 62.6 Å². The summed E-state index contributed by atoms with van der Waals surface area (Å²) in [4.78, 5) is 0. The average Bonchev–Trinajstić information content (AvgIpc) is 2.68. The summed E-state index contributed by atoms with van der Waals surface area (Å²) in [5.74, 6) is 0.929. The molecule has 1 fully saturated rings. The Morgan fingerprint density at radius 3 is 2.90 bits per heavy atom. The van der Waals surface area contributed by atoms with Crippen LogP contribution in [0.15, 0.2) is 0 Å². The summed E-state index contributed by atoms with van der Waals surface area (Å²) in [5.41, 5.74) is 0. The lowest BCUT2D eigenvalue weighted by Gasteiger charge is -1.99. The summed E-state index contributed by atoms with van der Waals surface area (Å²) in [7, 11) is 0. The molecule has 1 rings (SSSR count). The first-order valence-electron chi connectivity index (χ1n) is 4.22. The molecule has 1 aliphatic rings. The van der Waals surface area contributed by atoms with Gasteiger partial charge in [0.2, 0.25) is 0 Å². The van der Waals surface area contributed by atoms with Crippen molar-refractivity contribution in [1.82, 2.24) is 5.32 Å². The summed E-state index contributed by atoms with van der Waals surface area (Å²) in [6.45, 7) is 3.53. The second-order valence-electron chi connectivity index (χ2n) is 3.04. The van der Waals surface area contributed by atoms with Gasteiger partial charge in [-0.3, -0.25) is 0 Å². The van der Waals surface area contributed by atoms with E-state index in [1.54, 1.807) is 0 Å². The van der Waals surface area contributed by atoms with E-state index in [1.807, 2.05) is 0 Å². The molecule has 0 aromatic rings. The molecular formula is C8H17NO. The Bertz CT molecular complexity index is 95.3. The fraction of sp³-hybridized carbons (Fsp3) is 1.00. The maximum Gasteiger partial charge on any atom is 0.0443 e. The van der Waals surface area contributed by atoms with Crippen LogP contribution in [0.5, 0.6) is 0 Å². The molecule has 2 atom stereocenters. The van der Waals surface area contributed by atoms with Crippen molar-refractivity contribution >= 4 is 0 Å². The molecule has 1 saturated carbocycles. The molecule has 0 heterocycles. The molecule has 2 heteroatoms. The number of rotatable bonds is 5. The largest absolute Gasteiger partial charge is 0.396 e. The van der Waals surface area contributed by atoms with E-state index < -0.39 is 0 Å². The van der Waals surface area contributed by atoms with Crippen LogP contribution >= 0.6 is 0 Å². The van der Waals surface area contributed by atoms with Gasteiger partial charge in [-0.25, -0.2) is 0 Å². The SMILES string of the molecule is CCC1CC1NCCCO. The summed E-state index contributed by atoms with van der Waals surface area (Å²) < 4.78 is 0. The number of nitrogens with one attached hydrogen (secondary N) is 1. The van der Waals surface area contributed by atoms with E-state index in [4.69, 9.17) is 5.11 Å². The fourth-order valence-corrected chi connectivity index (χ4v) is 1.32. The highest BCUT2D eigenvalue weighted by atomic mass is 16.3. The first-order chi connectivity index (χ1) is 4.88. The van der Waals surface area contributed by atoms with Gasteiger partial charge in [-0.15, -0.1) is 0 Å². The van der Waals surface area contributed by atoms with Gasteiger partial charge in [-0.05, 0) is 25.3 Å². The quantitative estimate of drug-likeness (QED) is 0.557. The summed E-state index contributed by atoms with van der Waals surface area (Å²) >= 11 is 0. The Hall–Kier alpha value is -0.0800.